The van der Waals surface area contributed by atoms with E-state index in [0.29, 0.717) is 6.42 Å². The fourth-order valence-corrected chi connectivity index (χ4v) is 2.46. The number of carbonyl (C=O) groups excluding carboxylic acids is 3. The topological polar surface area (TPSA) is 84.5 Å². The molecule has 0 aromatic heterocycles. The zero-order valence-corrected chi connectivity index (χ0v) is 17.9. The maximum absolute atomic E-state index is 13.3. The third kappa shape index (κ3) is 9.25. The molecular formula is C19H31F5N2O4. The Bertz CT molecular complexity index is 580. The normalized spacial score (nSPS) is 14.4. The minimum Gasteiger partial charge on any atom is -0.464 e. The van der Waals surface area contributed by atoms with E-state index in [9.17, 15) is 36.3 Å². The van der Waals surface area contributed by atoms with Crippen molar-refractivity contribution in [1.29, 1.82) is 0 Å². The fraction of sp³-hybridized carbons (Fsp3) is 0.842. The molecular weight excluding hydrogens is 415 g/mol. The average Bonchev–Trinajstić information content (AvgIpc) is 2.58. The van der Waals surface area contributed by atoms with Crippen molar-refractivity contribution in [2.45, 2.75) is 84.5 Å². The molecule has 0 fully saturated rings. The molecule has 0 aromatic carbocycles. The smallest absolute Gasteiger partial charge is 0.463 e. The molecule has 0 heterocycles. The minimum absolute atomic E-state index is 0.0540. The quantitative estimate of drug-likeness (QED) is 0.273. The third-order valence-electron chi connectivity index (χ3n) is 4.02. The predicted octanol–water partition coefficient (Wildman–Crippen LogP) is 3.59. The molecule has 0 aliphatic carbocycles. The molecule has 0 bridgehead atoms. The van der Waals surface area contributed by atoms with Crippen molar-refractivity contribution in [3.63, 3.8) is 0 Å². The van der Waals surface area contributed by atoms with Crippen LogP contribution in [0, 0.1) is 11.8 Å². The molecule has 0 saturated heterocycles. The lowest BCUT2D eigenvalue weighted by Crippen LogP contribution is -2.58. The highest BCUT2D eigenvalue weighted by Crippen LogP contribution is 2.35. The van der Waals surface area contributed by atoms with Crippen LogP contribution in [0.5, 0.6) is 0 Å². The van der Waals surface area contributed by atoms with Gasteiger partial charge in [0, 0.05) is 0 Å². The molecule has 30 heavy (non-hydrogen) atoms. The second-order valence-corrected chi connectivity index (χ2v) is 7.94. The van der Waals surface area contributed by atoms with Crippen LogP contribution in [0.2, 0.25) is 0 Å². The second kappa shape index (κ2) is 12.0. The lowest BCUT2D eigenvalue weighted by Gasteiger charge is -2.26. The van der Waals surface area contributed by atoms with Crippen LogP contribution in [0.15, 0.2) is 0 Å². The van der Waals surface area contributed by atoms with Crippen LogP contribution in [0.4, 0.5) is 22.0 Å². The number of rotatable bonds is 12. The molecule has 0 spiro atoms. The molecule has 2 unspecified atom stereocenters. The maximum atomic E-state index is 13.3. The van der Waals surface area contributed by atoms with Crippen LogP contribution in [0.25, 0.3) is 0 Å². The van der Waals surface area contributed by atoms with Gasteiger partial charge in [0.05, 0.1) is 6.61 Å². The van der Waals surface area contributed by atoms with E-state index in [1.54, 1.807) is 27.7 Å². The lowest BCUT2D eigenvalue weighted by molar-refractivity contribution is -0.270. The molecule has 0 rings (SSSR count). The average molecular weight is 446 g/mol. The van der Waals surface area contributed by atoms with E-state index in [-0.39, 0.29) is 31.3 Å². The van der Waals surface area contributed by atoms with E-state index in [1.165, 1.54) is 5.32 Å². The molecule has 0 aliphatic heterocycles. The molecule has 0 radical (unpaired) electrons. The molecule has 2 amide bonds. The van der Waals surface area contributed by atoms with E-state index >= 15 is 0 Å². The summed E-state index contributed by atoms with van der Waals surface area (Å²) in [7, 11) is 0. The van der Waals surface area contributed by atoms with Crippen molar-refractivity contribution >= 4 is 17.8 Å². The molecule has 11 heteroatoms. The van der Waals surface area contributed by atoms with E-state index in [1.807, 2.05) is 6.92 Å². The largest absolute Gasteiger partial charge is 0.464 e. The summed E-state index contributed by atoms with van der Waals surface area (Å²) in [5.41, 5.74) is 0. The minimum atomic E-state index is -6.10. The lowest BCUT2D eigenvalue weighted by atomic mass is 10.00. The number of carbonyl (C=O) groups is 3. The standard InChI is InChI=1S/C19H31F5N2O4/c1-6-7-8-30-16(28)14(10-12(4)5)25-15(27)13(9-11(2)3)26-17(29)18(20,21)19(22,23)24/h11-14H,6-10H2,1-5H3,(H,25,27)(H,26,29). The van der Waals surface area contributed by atoms with Crippen LogP contribution < -0.4 is 10.6 Å². The number of alkyl halides is 5. The van der Waals surface area contributed by atoms with Crippen LogP contribution in [0.3, 0.4) is 0 Å². The number of halogens is 5. The Morgan fingerprint density at radius 1 is 0.867 bits per heavy atom. The van der Waals surface area contributed by atoms with Gasteiger partial charge in [-0.25, -0.2) is 4.79 Å². The number of amides is 2. The molecule has 2 atom stereocenters. The summed E-state index contributed by atoms with van der Waals surface area (Å²) in [6.07, 6.45) is -4.77. The van der Waals surface area contributed by atoms with Crippen LogP contribution >= 0.6 is 0 Å². The number of unbranched alkanes of at least 4 members (excludes halogenated alkanes) is 1. The summed E-state index contributed by atoms with van der Waals surface area (Å²) >= 11 is 0. The molecule has 2 N–H and O–H groups in total. The van der Waals surface area contributed by atoms with Gasteiger partial charge in [0.2, 0.25) is 5.91 Å². The van der Waals surface area contributed by atoms with Crippen molar-refractivity contribution in [2.24, 2.45) is 11.8 Å². The van der Waals surface area contributed by atoms with Gasteiger partial charge < -0.3 is 15.4 Å². The van der Waals surface area contributed by atoms with Crippen molar-refractivity contribution in [3.05, 3.63) is 0 Å². The first kappa shape index (κ1) is 28.1. The number of esters is 1. The van der Waals surface area contributed by atoms with E-state index < -0.39 is 42.0 Å². The Labute approximate surface area is 173 Å². The number of hydrogen-bond donors (Lipinski definition) is 2. The van der Waals surface area contributed by atoms with Gasteiger partial charge in [-0.1, -0.05) is 41.0 Å². The fourth-order valence-electron chi connectivity index (χ4n) is 2.46. The van der Waals surface area contributed by atoms with Gasteiger partial charge in [-0.05, 0) is 31.1 Å². The summed E-state index contributed by atoms with van der Waals surface area (Å²) in [6, 6.07) is -2.80. The van der Waals surface area contributed by atoms with Gasteiger partial charge in [0.1, 0.15) is 12.1 Å². The summed E-state index contributed by atoms with van der Waals surface area (Å²) in [4.78, 5) is 36.3. The first-order valence-corrected chi connectivity index (χ1v) is 9.85. The van der Waals surface area contributed by atoms with Gasteiger partial charge >= 0.3 is 24.0 Å². The Balaban J connectivity index is 5.42. The zero-order valence-electron chi connectivity index (χ0n) is 17.9. The molecule has 0 saturated carbocycles. The molecule has 176 valence electrons. The monoisotopic (exact) mass is 446 g/mol. The van der Waals surface area contributed by atoms with Crippen molar-refractivity contribution < 1.29 is 41.1 Å². The van der Waals surface area contributed by atoms with Gasteiger partial charge in [-0.2, -0.15) is 22.0 Å². The van der Waals surface area contributed by atoms with Crippen LogP contribution in [-0.4, -0.2) is 48.6 Å². The highest BCUT2D eigenvalue weighted by Gasteiger charge is 2.63. The van der Waals surface area contributed by atoms with Gasteiger partial charge in [-0.3, -0.25) is 9.59 Å². The zero-order chi connectivity index (χ0) is 23.7. The Hall–Kier alpha value is -1.94. The molecule has 0 aliphatic rings. The SMILES string of the molecule is CCCCOC(=O)C(CC(C)C)NC(=O)C(CC(C)C)NC(=O)C(F)(F)C(F)(F)F. The predicted molar refractivity (Wildman–Crippen MR) is 99.6 cm³/mol. The van der Waals surface area contributed by atoms with Crippen molar-refractivity contribution in [1.82, 2.24) is 10.6 Å². The Morgan fingerprint density at radius 3 is 1.80 bits per heavy atom. The van der Waals surface area contributed by atoms with Gasteiger partial charge in [-0.15, -0.1) is 0 Å². The van der Waals surface area contributed by atoms with E-state index in [0.717, 1.165) is 6.42 Å². The summed E-state index contributed by atoms with van der Waals surface area (Å²) in [5.74, 6) is -10.4. The first-order chi connectivity index (χ1) is 13.6. The van der Waals surface area contributed by atoms with Crippen molar-refractivity contribution in [3.8, 4) is 0 Å². The third-order valence-corrected chi connectivity index (χ3v) is 4.02. The highest BCUT2D eigenvalue weighted by molar-refractivity contribution is 5.92. The Kier molecular flexibility index (Phi) is 11.3. The van der Waals surface area contributed by atoms with Crippen LogP contribution in [0.1, 0.15) is 60.3 Å². The number of ether oxygens (including phenoxy) is 1. The van der Waals surface area contributed by atoms with Gasteiger partial charge in [0.15, 0.2) is 0 Å². The summed E-state index contributed by atoms with van der Waals surface area (Å²) in [6.45, 7) is 8.75. The molecule has 6 nitrogen and oxygen atoms in total. The maximum Gasteiger partial charge on any atom is 0.463 e. The van der Waals surface area contributed by atoms with Crippen molar-refractivity contribution in [2.75, 3.05) is 6.61 Å². The number of nitrogens with one attached hydrogen (secondary N) is 2. The first-order valence-electron chi connectivity index (χ1n) is 9.85. The Morgan fingerprint density at radius 2 is 1.37 bits per heavy atom. The van der Waals surface area contributed by atoms with E-state index in [2.05, 4.69) is 5.32 Å². The van der Waals surface area contributed by atoms with Gasteiger partial charge in [0.25, 0.3) is 0 Å². The number of hydrogen-bond acceptors (Lipinski definition) is 4. The van der Waals surface area contributed by atoms with E-state index in [4.69, 9.17) is 4.74 Å². The second-order valence-electron chi connectivity index (χ2n) is 7.94. The molecule has 0 aromatic rings. The summed E-state index contributed by atoms with van der Waals surface area (Å²) < 4.78 is 68.9. The highest BCUT2D eigenvalue weighted by atomic mass is 19.4. The van der Waals surface area contributed by atoms with Crippen LogP contribution in [-0.2, 0) is 19.1 Å². The summed E-state index contributed by atoms with van der Waals surface area (Å²) in [5, 5.41) is 3.79.